The van der Waals surface area contributed by atoms with Gasteiger partial charge in [-0.3, -0.25) is 4.79 Å². The minimum atomic E-state index is -0.567. The van der Waals surface area contributed by atoms with Crippen molar-refractivity contribution in [1.82, 2.24) is 10.3 Å². The summed E-state index contributed by atoms with van der Waals surface area (Å²) in [6.45, 7) is 2.25. The first-order chi connectivity index (χ1) is 12.5. The second-order valence-corrected chi connectivity index (χ2v) is 7.84. The summed E-state index contributed by atoms with van der Waals surface area (Å²) < 4.78 is 13.6. The topological polar surface area (TPSA) is 74.2 Å². The van der Waals surface area contributed by atoms with Crippen LogP contribution in [0.5, 0.6) is 5.88 Å². The molecule has 0 spiro atoms. The molecule has 0 aliphatic heterocycles. The van der Waals surface area contributed by atoms with Crippen LogP contribution in [0.2, 0.25) is 0 Å². The molecule has 1 heterocycles. The average Bonchev–Trinajstić information content (AvgIpc) is 3.00. The number of hydrogen-bond donors (Lipinski definition) is 3. The molecule has 1 aromatic heterocycles. The molecule has 1 fully saturated rings. The fraction of sp³-hybridized carbons (Fsp3) is 0.474. The molecule has 1 aromatic carbocycles. The highest BCUT2D eigenvalue weighted by atomic mass is 32.1. The van der Waals surface area contributed by atoms with E-state index in [9.17, 15) is 14.3 Å². The number of nitrogens with one attached hydrogen (secondary N) is 2. The number of aromatic nitrogens is 1. The average molecular weight is 377 g/mol. The lowest BCUT2D eigenvalue weighted by Crippen LogP contribution is -2.27. The number of hydrogen-bond acceptors (Lipinski definition) is 5. The van der Waals surface area contributed by atoms with Gasteiger partial charge in [-0.2, -0.15) is 4.98 Å². The Bertz CT molecular complexity index is 759. The van der Waals surface area contributed by atoms with Gasteiger partial charge in [0.2, 0.25) is 5.88 Å². The van der Waals surface area contributed by atoms with Gasteiger partial charge < -0.3 is 15.7 Å². The normalized spacial score (nSPS) is 16.2. The third-order valence-corrected chi connectivity index (χ3v) is 5.89. The van der Waals surface area contributed by atoms with Crippen molar-refractivity contribution in [3.05, 3.63) is 40.5 Å². The molecular weight excluding hydrogens is 353 g/mol. The Morgan fingerprint density at radius 2 is 2.08 bits per heavy atom. The van der Waals surface area contributed by atoms with E-state index in [0.717, 1.165) is 0 Å². The zero-order valence-corrected chi connectivity index (χ0v) is 15.6. The summed E-state index contributed by atoms with van der Waals surface area (Å²) in [5.74, 6) is -0.552. The number of halogens is 1. The van der Waals surface area contributed by atoms with E-state index < -0.39 is 11.7 Å². The lowest BCUT2D eigenvalue weighted by Gasteiger charge is -2.28. The number of thiazole rings is 1. The highest BCUT2D eigenvalue weighted by Gasteiger charge is 2.22. The van der Waals surface area contributed by atoms with Crippen LogP contribution >= 0.6 is 11.3 Å². The van der Waals surface area contributed by atoms with Crippen molar-refractivity contribution in [2.45, 2.75) is 51.6 Å². The highest BCUT2D eigenvalue weighted by molar-refractivity contribution is 7.15. The number of nitrogens with zero attached hydrogens (tertiary/aromatic N) is 1. The maximum Gasteiger partial charge on any atom is 0.254 e. The molecule has 140 valence electrons. The molecule has 3 N–H and O–H groups in total. The van der Waals surface area contributed by atoms with E-state index in [1.165, 1.54) is 61.6 Å². The summed E-state index contributed by atoms with van der Waals surface area (Å²) in [7, 11) is 0. The molecule has 5 nitrogen and oxygen atoms in total. The van der Waals surface area contributed by atoms with E-state index in [-0.39, 0.29) is 18.0 Å². The number of amides is 1. The minimum Gasteiger partial charge on any atom is -0.492 e. The third kappa shape index (κ3) is 4.52. The van der Waals surface area contributed by atoms with Gasteiger partial charge in [0.1, 0.15) is 5.82 Å². The molecule has 26 heavy (non-hydrogen) atoms. The van der Waals surface area contributed by atoms with Gasteiger partial charge in [-0.05, 0) is 37.8 Å². The highest BCUT2D eigenvalue weighted by Crippen LogP contribution is 2.32. The van der Waals surface area contributed by atoms with Crippen LogP contribution in [0.4, 0.5) is 9.52 Å². The first-order valence-corrected chi connectivity index (χ1v) is 9.84. The van der Waals surface area contributed by atoms with Crippen molar-refractivity contribution < 1.29 is 14.3 Å². The third-order valence-electron chi connectivity index (χ3n) is 4.91. The van der Waals surface area contributed by atoms with Crippen LogP contribution in [-0.2, 0) is 6.54 Å². The van der Waals surface area contributed by atoms with E-state index in [4.69, 9.17) is 0 Å². The van der Waals surface area contributed by atoms with Crippen LogP contribution in [0, 0.1) is 11.7 Å². The van der Waals surface area contributed by atoms with Crippen LogP contribution in [0.3, 0.4) is 0 Å². The Labute approximate surface area is 156 Å². The Morgan fingerprint density at radius 1 is 1.35 bits per heavy atom. The molecule has 1 amide bonds. The molecular formula is C19H24FN3O2S. The van der Waals surface area contributed by atoms with Gasteiger partial charge in [0.05, 0.1) is 17.0 Å². The summed E-state index contributed by atoms with van der Waals surface area (Å²) in [5.41, 5.74) is -0.0132. The van der Waals surface area contributed by atoms with Crippen molar-refractivity contribution in [3.63, 3.8) is 0 Å². The van der Waals surface area contributed by atoms with Crippen LogP contribution in [0.1, 0.15) is 54.3 Å². The summed E-state index contributed by atoms with van der Waals surface area (Å²) in [4.78, 5) is 16.8. The summed E-state index contributed by atoms with van der Waals surface area (Å²) in [6, 6.07) is 6.11. The van der Waals surface area contributed by atoms with Gasteiger partial charge >= 0.3 is 0 Å². The lowest BCUT2D eigenvalue weighted by molar-refractivity contribution is 0.0947. The van der Waals surface area contributed by atoms with Crippen LogP contribution in [-0.4, -0.2) is 22.0 Å². The minimum absolute atomic E-state index is 0.0132. The summed E-state index contributed by atoms with van der Waals surface area (Å²) in [5, 5.41) is 16.7. The predicted molar refractivity (Wildman–Crippen MR) is 101 cm³/mol. The quantitative estimate of drug-likeness (QED) is 0.702. The van der Waals surface area contributed by atoms with Crippen LogP contribution in [0.25, 0.3) is 0 Å². The number of rotatable bonds is 6. The van der Waals surface area contributed by atoms with Crippen LogP contribution in [0.15, 0.2) is 24.3 Å². The number of aromatic hydroxyl groups is 1. The molecule has 1 aliphatic rings. The Morgan fingerprint density at radius 3 is 2.81 bits per heavy atom. The van der Waals surface area contributed by atoms with Gasteiger partial charge in [-0.15, -0.1) is 0 Å². The molecule has 7 heteroatoms. The largest absolute Gasteiger partial charge is 0.492 e. The van der Waals surface area contributed by atoms with E-state index in [1.807, 2.05) is 0 Å². The number of carbonyl (C=O) groups excluding carboxylic acids is 1. The number of benzene rings is 1. The standard InChI is InChI=1S/C19H24FN3O2S/c1-12(13-7-3-2-4-8-13)22-19-23-18(25)16(26-19)11-21-17(24)14-9-5-6-10-15(14)20/h5-6,9-10,12-13,25H,2-4,7-8,11H2,1H3,(H,21,24)(H,22,23)/t12-/m0/s1. The van der Waals surface area contributed by atoms with Crippen molar-refractivity contribution in [1.29, 1.82) is 0 Å². The molecule has 0 bridgehead atoms. The van der Waals surface area contributed by atoms with Crippen LogP contribution < -0.4 is 10.6 Å². The number of carbonyl (C=O) groups is 1. The van der Waals surface area contributed by atoms with E-state index in [1.54, 1.807) is 6.07 Å². The van der Waals surface area contributed by atoms with E-state index >= 15 is 0 Å². The Hall–Kier alpha value is -2.15. The zero-order chi connectivity index (χ0) is 18.5. The molecule has 0 radical (unpaired) electrons. The van der Waals surface area contributed by atoms with Gasteiger partial charge in [0, 0.05) is 6.04 Å². The van der Waals surface area contributed by atoms with Crippen molar-refractivity contribution in [3.8, 4) is 5.88 Å². The van der Waals surface area contributed by atoms with Gasteiger partial charge in [-0.25, -0.2) is 4.39 Å². The zero-order valence-electron chi connectivity index (χ0n) is 14.8. The molecule has 1 aliphatic carbocycles. The molecule has 3 rings (SSSR count). The molecule has 2 aromatic rings. The monoisotopic (exact) mass is 377 g/mol. The Kier molecular flexibility index (Phi) is 6.08. The predicted octanol–water partition coefficient (Wildman–Crippen LogP) is 4.30. The van der Waals surface area contributed by atoms with Crippen molar-refractivity contribution >= 4 is 22.4 Å². The smallest absolute Gasteiger partial charge is 0.254 e. The summed E-state index contributed by atoms with van der Waals surface area (Å²) >= 11 is 1.31. The molecule has 1 atom stereocenters. The summed E-state index contributed by atoms with van der Waals surface area (Å²) in [6.07, 6.45) is 6.29. The maximum absolute atomic E-state index is 13.6. The number of anilines is 1. The fourth-order valence-corrected chi connectivity index (χ4v) is 4.26. The maximum atomic E-state index is 13.6. The van der Waals surface area contributed by atoms with Gasteiger partial charge in [0.25, 0.3) is 5.91 Å². The van der Waals surface area contributed by atoms with Crippen molar-refractivity contribution in [2.24, 2.45) is 5.92 Å². The molecule has 1 saturated carbocycles. The second kappa shape index (κ2) is 8.49. The molecule has 0 saturated heterocycles. The first kappa shape index (κ1) is 18.6. The Balaban J connectivity index is 1.58. The van der Waals surface area contributed by atoms with Crippen molar-refractivity contribution in [2.75, 3.05) is 5.32 Å². The SMILES string of the molecule is C[C@H](Nc1nc(O)c(CNC(=O)c2ccccc2F)s1)C1CCCCC1. The lowest BCUT2D eigenvalue weighted by atomic mass is 9.85. The van der Waals surface area contributed by atoms with Gasteiger partial charge in [0.15, 0.2) is 5.13 Å². The fourth-order valence-electron chi connectivity index (χ4n) is 3.37. The van der Waals surface area contributed by atoms with E-state index in [2.05, 4.69) is 22.5 Å². The first-order valence-electron chi connectivity index (χ1n) is 9.02. The molecule has 0 unspecified atom stereocenters. The second-order valence-electron chi connectivity index (χ2n) is 6.76. The van der Waals surface area contributed by atoms with E-state index in [0.29, 0.717) is 22.0 Å². The van der Waals surface area contributed by atoms with Gasteiger partial charge in [-0.1, -0.05) is 42.7 Å².